The number of thiazole rings is 1. The molecule has 2 amide bonds. The standard InChI is InChI=1S/C23H22ClN3O5S/c1-30-14-8-12(9-15(11-14)31-2)21(28)27-23-26-20-16(5-7-19(20)33-23)22(29)25-13-4-6-18(32-3)17(24)10-13/h4,6,8-11,16H,5,7H2,1-3H3,(H,25,29)(H,26,27,28). The van der Waals surface area contributed by atoms with Gasteiger partial charge in [-0.05, 0) is 43.2 Å². The number of amides is 2. The maximum atomic E-state index is 12.9. The molecular weight excluding hydrogens is 466 g/mol. The molecule has 0 fully saturated rings. The smallest absolute Gasteiger partial charge is 0.257 e. The Hall–Kier alpha value is -3.30. The Kier molecular flexibility index (Phi) is 6.71. The second kappa shape index (κ2) is 9.68. The van der Waals surface area contributed by atoms with E-state index in [1.54, 1.807) is 36.4 Å². The van der Waals surface area contributed by atoms with E-state index in [1.165, 1.54) is 32.7 Å². The Morgan fingerprint density at radius 2 is 1.76 bits per heavy atom. The molecule has 1 atom stereocenters. The molecule has 0 aliphatic heterocycles. The summed E-state index contributed by atoms with van der Waals surface area (Å²) in [4.78, 5) is 31.2. The first kappa shape index (κ1) is 22.9. The number of benzene rings is 2. The van der Waals surface area contributed by atoms with Gasteiger partial charge in [0.2, 0.25) is 5.91 Å². The van der Waals surface area contributed by atoms with Gasteiger partial charge in [0.05, 0.1) is 38.0 Å². The summed E-state index contributed by atoms with van der Waals surface area (Å²) in [5.41, 5.74) is 1.65. The third kappa shape index (κ3) is 4.89. The van der Waals surface area contributed by atoms with Gasteiger partial charge < -0.3 is 19.5 Å². The van der Waals surface area contributed by atoms with Gasteiger partial charge in [0.15, 0.2) is 5.13 Å². The normalized spacial score (nSPS) is 14.4. The molecule has 4 rings (SSSR count). The van der Waals surface area contributed by atoms with Crippen LogP contribution in [0.25, 0.3) is 0 Å². The molecule has 3 aromatic rings. The van der Waals surface area contributed by atoms with Crippen LogP contribution < -0.4 is 24.8 Å². The maximum absolute atomic E-state index is 12.9. The van der Waals surface area contributed by atoms with E-state index in [2.05, 4.69) is 15.6 Å². The van der Waals surface area contributed by atoms with Crippen LogP contribution in [0.4, 0.5) is 10.8 Å². The molecule has 0 saturated heterocycles. The molecule has 172 valence electrons. The van der Waals surface area contributed by atoms with Gasteiger partial charge >= 0.3 is 0 Å². The van der Waals surface area contributed by atoms with Crippen LogP contribution in [0.3, 0.4) is 0 Å². The van der Waals surface area contributed by atoms with Crippen molar-refractivity contribution in [2.75, 3.05) is 32.0 Å². The van der Waals surface area contributed by atoms with E-state index >= 15 is 0 Å². The molecule has 1 aliphatic carbocycles. The molecule has 1 unspecified atom stereocenters. The third-order valence-corrected chi connectivity index (χ3v) is 6.63. The van der Waals surface area contributed by atoms with E-state index < -0.39 is 5.92 Å². The van der Waals surface area contributed by atoms with Crippen molar-refractivity contribution in [2.45, 2.75) is 18.8 Å². The zero-order valence-electron chi connectivity index (χ0n) is 18.2. The van der Waals surface area contributed by atoms with Crippen molar-refractivity contribution in [3.63, 3.8) is 0 Å². The SMILES string of the molecule is COc1cc(OC)cc(C(=O)Nc2nc3c(s2)CCC3C(=O)Nc2ccc(OC)c(Cl)c2)c1. The Bertz CT molecular complexity index is 1190. The van der Waals surface area contributed by atoms with Crippen LogP contribution in [0.2, 0.25) is 5.02 Å². The fourth-order valence-corrected chi connectivity index (χ4v) is 4.91. The van der Waals surface area contributed by atoms with Gasteiger partial charge in [-0.2, -0.15) is 0 Å². The van der Waals surface area contributed by atoms with Gasteiger partial charge in [-0.15, -0.1) is 11.3 Å². The Morgan fingerprint density at radius 1 is 1.03 bits per heavy atom. The molecule has 0 spiro atoms. The summed E-state index contributed by atoms with van der Waals surface area (Å²) >= 11 is 7.53. The average molecular weight is 488 g/mol. The van der Waals surface area contributed by atoms with Gasteiger partial charge in [0, 0.05) is 22.2 Å². The number of hydrogen-bond acceptors (Lipinski definition) is 7. The number of nitrogens with zero attached hydrogens (tertiary/aromatic N) is 1. The number of carbonyl (C=O) groups is 2. The molecule has 33 heavy (non-hydrogen) atoms. The quantitative estimate of drug-likeness (QED) is 0.499. The first-order valence-electron chi connectivity index (χ1n) is 10.1. The molecule has 2 N–H and O–H groups in total. The van der Waals surface area contributed by atoms with Gasteiger partial charge in [-0.1, -0.05) is 11.6 Å². The molecule has 0 bridgehead atoms. The van der Waals surface area contributed by atoms with Crippen molar-refractivity contribution in [1.29, 1.82) is 0 Å². The number of ether oxygens (including phenoxy) is 3. The number of rotatable bonds is 7. The number of nitrogens with one attached hydrogen (secondary N) is 2. The van der Waals surface area contributed by atoms with Gasteiger partial charge in [-0.3, -0.25) is 14.9 Å². The van der Waals surface area contributed by atoms with Gasteiger partial charge in [0.25, 0.3) is 5.91 Å². The molecule has 10 heteroatoms. The second-order valence-electron chi connectivity index (χ2n) is 7.31. The summed E-state index contributed by atoms with van der Waals surface area (Å²) in [5, 5.41) is 6.56. The van der Waals surface area contributed by atoms with E-state index in [-0.39, 0.29) is 11.8 Å². The number of hydrogen-bond donors (Lipinski definition) is 2. The van der Waals surface area contributed by atoms with Crippen molar-refractivity contribution in [1.82, 2.24) is 4.98 Å². The molecular formula is C23H22ClN3O5S. The van der Waals surface area contributed by atoms with E-state index in [4.69, 9.17) is 25.8 Å². The summed E-state index contributed by atoms with van der Waals surface area (Å²) in [6, 6.07) is 10.00. The molecule has 2 aromatic carbocycles. The van der Waals surface area contributed by atoms with Gasteiger partial charge in [-0.25, -0.2) is 4.98 Å². The minimum Gasteiger partial charge on any atom is -0.497 e. The van der Waals surface area contributed by atoms with Crippen molar-refractivity contribution < 1.29 is 23.8 Å². The number of methoxy groups -OCH3 is 3. The summed E-state index contributed by atoms with van der Waals surface area (Å²) < 4.78 is 15.6. The minimum atomic E-state index is -0.403. The monoisotopic (exact) mass is 487 g/mol. The lowest BCUT2D eigenvalue weighted by Gasteiger charge is -2.12. The lowest BCUT2D eigenvalue weighted by atomic mass is 10.1. The number of aryl methyl sites for hydroxylation is 1. The van der Waals surface area contributed by atoms with E-state index in [0.717, 1.165) is 11.3 Å². The molecule has 0 saturated carbocycles. The molecule has 1 heterocycles. The van der Waals surface area contributed by atoms with Crippen molar-refractivity contribution in [2.24, 2.45) is 0 Å². The van der Waals surface area contributed by atoms with Crippen LogP contribution >= 0.6 is 22.9 Å². The van der Waals surface area contributed by atoms with Crippen LogP contribution in [0, 0.1) is 0 Å². The van der Waals surface area contributed by atoms with Crippen LogP contribution in [-0.2, 0) is 11.2 Å². The number of aromatic nitrogens is 1. The molecule has 0 radical (unpaired) electrons. The zero-order valence-corrected chi connectivity index (χ0v) is 19.8. The van der Waals surface area contributed by atoms with Crippen molar-refractivity contribution >= 4 is 45.6 Å². The summed E-state index contributed by atoms with van der Waals surface area (Å²) in [7, 11) is 4.57. The van der Waals surface area contributed by atoms with Crippen LogP contribution in [-0.4, -0.2) is 38.1 Å². The lowest BCUT2D eigenvalue weighted by Crippen LogP contribution is -2.20. The largest absolute Gasteiger partial charge is 0.497 e. The molecule has 1 aliphatic rings. The highest BCUT2D eigenvalue weighted by molar-refractivity contribution is 7.16. The second-order valence-corrected chi connectivity index (χ2v) is 8.80. The van der Waals surface area contributed by atoms with Crippen LogP contribution in [0.5, 0.6) is 17.2 Å². The summed E-state index contributed by atoms with van der Waals surface area (Å²) in [6.07, 6.45) is 1.38. The van der Waals surface area contributed by atoms with Gasteiger partial charge in [0.1, 0.15) is 17.2 Å². The maximum Gasteiger partial charge on any atom is 0.257 e. The highest BCUT2D eigenvalue weighted by Crippen LogP contribution is 2.39. The lowest BCUT2D eigenvalue weighted by molar-refractivity contribution is -0.117. The summed E-state index contributed by atoms with van der Waals surface area (Å²) in [5.74, 6) is 0.642. The number of carbonyl (C=O) groups excluding carboxylic acids is 2. The van der Waals surface area contributed by atoms with Crippen LogP contribution in [0.15, 0.2) is 36.4 Å². The summed E-state index contributed by atoms with van der Waals surface area (Å²) in [6.45, 7) is 0. The first-order chi connectivity index (χ1) is 15.9. The van der Waals surface area contributed by atoms with Crippen LogP contribution in [0.1, 0.15) is 33.3 Å². The van der Waals surface area contributed by atoms with Crippen molar-refractivity contribution in [3.8, 4) is 17.2 Å². The topological polar surface area (TPSA) is 98.8 Å². The Morgan fingerprint density at radius 3 is 2.39 bits per heavy atom. The third-order valence-electron chi connectivity index (χ3n) is 5.29. The number of fused-ring (bicyclic) bond motifs is 1. The Balaban J connectivity index is 1.47. The molecule has 1 aromatic heterocycles. The Labute approximate surface area is 199 Å². The number of halogens is 1. The minimum absolute atomic E-state index is 0.171. The first-order valence-corrected chi connectivity index (χ1v) is 11.3. The predicted molar refractivity (Wildman–Crippen MR) is 127 cm³/mol. The fourth-order valence-electron chi connectivity index (χ4n) is 3.62. The number of anilines is 2. The fraction of sp³-hybridized carbons (Fsp3) is 0.261. The van der Waals surface area contributed by atoms with E-state index in [9.17, 15) is 9.59 Å². The average Bonchev–Trinajstić information content (AvgIpc) is 3.38. The highest BCUT2D eigenvalue weighted by atomic mass is 35.5. The highest BCUT2D eigenvalue weighted by Gasteiger charge is 2.33. The predicted octanol–water partition coefficient (Wildman–Crippen LogP) is 4.74. The molecule has 8 nitrogen and oxygen atoms in total. The van der Waals surface area contributed by atoms with Crippen molar-refractivity contribution in [3.05, 3.63) is 57.6 Å². The zero-order chi connectivity index (χ0) is 23.5. The van der Waals surface area contributed by atoms with E-state index in [1.807, 2.05) is 0 Å². The van der Waals surface area contributed by atoms with E-state index in [0.29, 0.717) is 50.8 Å².